The molecule has 1 aromatic carbocycles. The van der Waals surface area contributed by atoms with Gasteiger partial charge in [-0.3, -0.25) is 19.5 Å². The van der Waals surface area contributed by atoms with Crippen LogP contribution in [0.25, 0.3) is 0 Å². The molecule has 1 saturated carbocycles. The molecule has 2 fully saturated rings. The molecule has 1 heterocycles. The highest BCUT2D eigenvalue weighted by Gasteiger charge is 2.38. The molecule has 3 atom stereocenters. The largest absolute Gasteiger partial charge is 0.326 e. The number of anilines is 1. The number of hydrogen-bond acceptors (Lipinski definition) is 5. The van der Waals surface area contributed by atoms with E-state index >= 15 is 0 Å². The molecule has 24 heavy (non-hydrogen) atoms. The van der Waals surface area contributed by atoms with Gasteiger partial charge in [0.2, 0.25) is 5.91 Å². The van der Waals surface area contributed by atoms with Gasteiger partial charge in [0.25, 0.3) is 5.91 Å². The first-order chi connectivity index (χ1) is 11.6. The van der Waals surface area contributed by atoms with Crippen LogP contribution < -0.4 is 16.0 Å². The number of rotatable bonds is 3. The number of amides is 2. The highest BCUT2D eigenvalue weighted by atomic mass is 32.1. The minimum Gasteiger partial charge on any atom is -0.326 e. The van der Waals surface area contributed by atoms with E-state index in [2.05, 4.69) is 10.3 Å². The van der Waals surface area contributed by atoms with Crippen LogP contribution in [-0.2, 0) is 9.59 Å². The number of nitrogens with one attached hydrogen (secondary N) is 1. The molecule has 6 nitrogen and oxygen atoms in total. The lowest BCUT2D eigenvalue weighted by Crippen LogP contribution is -2.58. The van der Waals surface area contributed by atoms with Crippen molar-refractivity contribution in [3.63, 3.8) is 0 Å². The van der Waals surface area contributed by atoms with Crippen molar-refractivity contribution in [2.75, 3.05) is 4.90 Å². The molecule has 7 heteroatoms. The van der Waals surface area contributed by atoms with Gasteiger partial charge in [0, 0.05) is 12.3 Å². The second-order valence-corrected chi connectivity index (χ2v) is 6.48. The van der Waals surface area contributed by atoms with E-state index in [0.717, 1.165) is 25.7 Å². The standard InChI is InChI=1S/C17H20N4O2S/c18-13-8-4-5-9-14(13)19-10-12-15(22)20-17(24)21(16(12)23)11-6-2-1-3-7-11/h1-3,6-7,10,12-14H,4-5,8-9,18H2,(H,20,22,24)/t12-,13+,14-/m1/s1. The first-order valence-electron chi connectivity index (χ1n) is 8.10. The number of aliphatic imine (C=N–C) groups is 1. The Morgan fingerprint density at radius 2 is 1.92 bits per heavy atom. The molecule has 0 aromatic heterocycles. The minimum absolute atomic E-state index is 0.0111. The summed E-state index contributed by atoms with van der Waals surface area (Å²) in [5, 5.41) is 2.68. The molecule has 2 aliphatic rings. The Morgan fingerprint density at radius 3 is 2.62 bits per heavy atom. The van der Waals surface area contributed by atoms with Gasteiger partial charge in [-0.2, -0.15) is 0 Å². The Bertz CT molecular complexity index is 676. The lowest BCUT2D eigenvalue weighted by molar-refractivity contribution is -0.130. The summed E-state index contributed by atoms with van der Waals surface area (Å²) in [6.07, 6.45) is 5.42. The van der Waals surface area contributed by atoms with Crippen LogP contribution in [0.15, 0.2) is 35.3 Å². The highest BCUT2D eigenvalue weighted by Crippen LogP contribution is 2.22. The summed E-state index contributed by atoms with van der Waals surface area (Å²) >= 11 is 5.15. The Balaban J connectivity index is 1.80. The quantitative estimate of drug-likeness (QED) is 0.493. The van der Waals surface area contributed by atoms with E-state index in [0.29, 0.717) is 5.69 Å². The Kier molecular flexibility index (Phi) is 5.01. The highest BCUT2D eigenvalue weighted by molar-refractivity contribution is 7.80. The van der Waals surface area contributed by atoms with Crippen molar-refractivity contribution in [3.8, 4) is 0 Å². The SMILES string of the molecule is N[C@H]1CCCC[C@H]1N=C[C@@H]1C(=O)NC(=S)N(c2ccccc2)C1=O. The van der Waals surface area contributed by atoms with Gasteiger partial charge in [0.15, 0.2) is 11.0 Å². The molecule has 1 saturated heterocycles. The molecule has 1 aliphatic heterocycles. The van der Waals surface area contributed by atoms with Crippen molar-refractivity contribution in [2.45, 2.75) is 37.8 Å². The van der Waals surface area contributed by atoms with Crippen molar-refractivity contribution >= 4 is 41.0 Å². The molecular weight excluding hydrogens is 324 g/mol. The lowest BCUT2D eigenvalue weighted by atomic mass is 9.91. The van der Waals surface area contributed by atoms with Crippen LogP contribution in [0.3, 0.4) is 0 Å². The number of nitrogens with two attached hydrogens (primary N) is 1. The predicted molar refractivity (Wildman–Crippen MR) is 96.9 cm³/mol. The van der Waals surface area contributed by atoms with Crippen LogP contribution in [0, 0.1) is 5.92 Å². The number of thiocarbonyl (C=S) groups is 1. The van der Waals surface area contributed by atoms with Gasteiger partial charge < -0.3 is 11.1 Å². The zero-order valence-electron chi connectivity index (χ0n) is 13.2. The molecule has 1 aliphatic carbocycles. The summed E-state index contributed by atoms with van der Waals surface area (Å²) in [5.41, 5.74) is 6.70. The smallest absolute Gasteiger partial charge is 0.251 e. The molecule has 0 unspecified atom stereocenters. The van der Waals surface area contributed by atoms with Gasteiger partial charge in [-0.1, -0.05) is 31.0 Å². The minimum atomic E-state index is -0.981. The average molecular weight is 344 g/mol. The number of nitrogens with zero attached hydrogens (tertiary/aromatic N) is 2. The molecule has 2 amide bonds. The van der Waals surface area contributed by atoms with Crippen LogP contribution in [0.5, 0.6) is 0 Å². The number of carbonyl (C=O) groups is 2. The lowest BCUT2D eigenvalue weighted by Gasteiger charge is -2.31. The van der Waals surface area contributed by atoms with Crippen molar-refractivity contribution < 1.29 is 9.59 Å². The van der Waals surface area contributed by atoms with Crippen LogP contribution in [0.2, 0.25) is 0 Å². The summed E-state index contributed by atoms with van der Waals surface area (Å²) in [6.45, 7) is 0. The van der Waals surface area contributed by atoms with Gasteiger partial charge >= 0.3 is 0 Å². The van der Waals surface area contributed by atoms with Crippen molar-refractivity contribution in [3.05, 3.63) is 30.3 Å². The van der Waals surface area contributed by atoms with Crippen LogP contribution >= 0.6 is 12.2 Å². The Hall–Kier alpha value is -2.12. The predicted octanol–water partition coefficient (Wildman–Crippen LogP) is 1.39. The molecule has 1 aromatic rings. The molecule has 0 spiro atoms. The van der Waals surface area contributed by atoms with Gasteiger partial charge in [-0.25, -0.2) is 0 Å². The van der Waals surface area contributed by atoms with Gasteiger partial charge in [-0.05, 0) is 37.2 Å². The second-order valence-electron chi connectivity index (χ2n) is 6.10. The number of para-hydroxylation sites is 1. The zero-order chi connectivity index (χ0) is 17.1. The van der Waals surface area contributed by atoms with Crippen LogP contribution in [0.1, 0.15) is 25.7 Å². The molecule has 0 radical (unpaired) electrons. The first kappa shape index (κ1) is 16.7. The number of benzene rings is 1. The van der Waals surface area contributed by atoms with E-state index < -0.39 is 11.8 Å². The average Bonchev–Trinajstić information content (AvgIpc) is 2.57. The van der Waals surface area contributed by atoms with Gasteiger partial charge in [0.05, 0.1) is 11.7 Å². The molecule has 3 N–H and O–H groups in total. The first-order valence-corrected chi connectivity index (χ1v) is 8.51. The zero-order valence-corrected chi connectivity index (χ0v) is 14.0. The maximum absolute atomic E-state index is 12.8. The maximum atomic E-state index is 12.8. The third-order valence-electron chi connectivity index (χ3n) is 4.42. The number of hydrogen-bond donors (Lipinski definition) is 2. The molecule has 3 rings (SSSR count). The topological polar surface area (TPSA) is 87.8 Å². The van der Waals surface area contributed by atoms with E-state index in [1.807, 2.05) is 18.2 Å². The maximum Gasteiger partial charge on any atom is 0.251 e. The van der Waals surface area contributed by atoms with E-state index in [9.17, 15) is 9.59 Å². The third kappa shape index (κ3) is 3.37. The third-order valence-corrected chi connectivity index (χ3v) is 4.71. The summed E-state index contributed by atoms with van der Waals surface area (Å²) in [5.74, 6) is -1.81. The molecule has 126 valence electrons. The van der Waals surface area contributed by atoms with E-state index in [1.54, 1.807) is 12.1 Å². The Morgan fingerprint density at radius 1 is 1.21 bits per heavy atom. The van der Waals surface area contributed by atoms with Crippen molar-refractivity contribution in [2.24, 2.45) is 16.6 Å². The second kappa shape index (κ2) is 7.19. The van der Waals surface area contributed by atoms with E-state index in [1.165, 1.54) is 11.1 Å². The molecule has 0 bridgehead atoms. The van der Waals surface area contributed by atoms with E-state index in [4.69, 9.17) is 18.0 Å². The summed E-state index contributed by atoms with van der Waals surface area (Å²) in [7, 11) is 0. The summed E-state index contributed by atoms with van der Waals surface area (Å²) in [4.78, 5) is 30.7. The van der Waals surface area contributed by atoms with Crippen LogP contribution in [-0.4, -0.2) is 35.2 Å². The summed E-state index contributed by atoms with van der Waals surface area (Å²) in [6, 6.07) is 8.97. The van der Waals surface area contributed by atoms with Crippen molar-refractivity contribution in [1.29, 1.82) is 0 Å². The Labute approximate surface area is 146 Å². The van der Waals surface area contributed by atoms with Gasteiger partial charge in [0.1, 0.15) is 0 Å². The molecular formula is C17H20N4O2S. The number of carbonyl (C=O) groups excluding carboxylic acids is 2. The normalized spacial score (nSPS) is 28.3. The fraction of sp³-hybridized carbons (Fsp3) is 0.412. The fourth-order valence-electron chi connectivity index (χ4n) is 3.07. The van der Waals surface area contributed by atoms with E-state index in [-0.39, 0.29) is 23.1 Å². The summed E-state index contributed by atoms with van der Waals surface area (Å²) < 4.78 is 0. The monoisotopic (exact) mass is 344 g/mol. The fourth-order valence-corrected chi connectivity index (χ4v) is 3.36. The van der Waals surface area contributed by atoms with Crippen molar-refractivity contribution in [1.82, 2.24) is 5.32 Å². The van der Waals surface area contributed by atoms with Gasteiger partial charge in [-0.15, -0.1) is 0 Å². The van der Waals surface area contributed by atoms with Crippen LogP contribution in [0.4, 0.5) is 5.69 Å².